The summed E-state index contributed by atoms with van der Waals surface area (Å²) >= 11 is 1.38. The maximum absolute atomic E-state index is 12.1. The van der Waals surface area contributed by atoms with Crippen molar-refractivity contribution in [1.29, 1.82) is 0 Å². The Morgan fingerprint density at radius 2 is 2.10 bits per heavy atom. The third-order valence-electron chi connectivity index (χ3n) is 3.22. The van der Waals surface area contributed by atoms with Gasteiger partial charge in [0.05, 0.1) is 6.61 Å². The van der Waals surface area contributed by atoms with Crippen LogP contribution in [0.3, 0.4) is 0 Å². The lowest BCUT2D eigenvalue weighted by molar-refractivity contribution is 0.322. The number of aryl methyl sites for hydroxylation is 2. The number of nitrogens with one attached hydrogen (secondary N) is 1. The van der Waals surface area contributed by atoms with E-state index >= 15 is 0 Å². The number of aromatic amines is 1. The number of rotatable bonds is 6. The summed E-state index contributed by atoms with van der Waals surface area (Å²) in [7, 11) is 1.58. The van der Waals surface area contributed by atoms with Gasteiger partial charge in [-0.25, -0.2) is 9.78 Å². The number of hydrogen-bond donors (Lipinski definition) is 2. The van der Waals surface area contributed by atoms with Gasteiger partial charge in [0.15, 0.2) is 16.3 Å². The fourth-order valence-corrected chi connectivity index (χ4v) is 2.82. The highest BCUT2D eigenvalue weighted by Crippen LogP contribution is 2.22. The first-order valence-electron chi connectivity index (χ1n) is 6.89. The van der Waals surface area contributed by atoms with Gasteiger partial charge in [0.2, 0.25) is 0 Å². The Labute approximate surface area is 126 Å². The molecule has 21 heavy (non-hydrogen) atoms. The molecule has 0 aliphatic carbocycles. The van der Waals surface area contributed by atoms with Gasteiger partial charge in [-0.2, -0.15) is 0 Å². The van der Waals surface area contributed by atoms with Crippen LogP contribution in [0, 0.1) is 5.92 Å². The third kappa shape index (κ3) is 3.21. The van der Waals surface area contributed by atoms with Gasteiger partial charge in [-0.1, -0.05) is 25.6 Å². The Hall–Kier alpha value is -1.54. The number of nitrogens with zero attached hydrogens (tertiary/aromatic N) is 3. The van der Waals surface area contributed by atoms with Gasteiger partial charge in [0.25, 0.3) is 5.56 Å². The van der Waals surface area contributed by atoms with Crippen LogP contribution in [0.25, 0.3) is 11.2 Å². The summed E-state index contributed by atoms with van der Waals surface area (Å²) in [6.45, 7) is 4.91. The smallest absolute Gasteiger partial charge is 0.329 e. The molecule has 0 atom stereocenters. The lowest BCUT2D eigenvalue weighted by Gasteiger charge is -2.09. The summed E-state index contributed by atoms with van der Waals surface area (Å²) in [4.78, 5) is 30.5. The monoisotopic (exact) mass is 312 g/mol. The second-order valence-corrected chi connectivity index (χ2v) is 6.35. The van der Waals surface area contributed by atoms with E-state index in [0.29, 0.717) is 34.5 Å². The maximum atomic E-state index is 12.1. The molecule has 0 spiro atoms. The molecule has 7 nitrogen and oxygen atoms in total. The van der Waals surface area contributed by atoms with Crippen molar-refractivity contribution in [2.45, 2.75) is 32.0 Å². The Morgan fingerprint density at radius 3 is 2.71 bits per heavy atom. The van der Waals surface area contributed by atoms with Crippen LogP contribution in [0.5, 0.6) is 0 Å². The van der Waals surface area contributed by atoms with Gasteiger partial charge >= 0.3 is 5.69 Å². The minimum absolute atomic E-state index is 0.0351. The number of imidazole rings is 1. The average molecular weight is 312 g/mol. The molecule has 2 aromatic heterocycles. The van der Waals surface area contributed by atoms with E-state index in [9.17, 15) is 9.59 Å². The van der Waals surface area contributed by atoms with Crippen LogP contribution in [-0.4, -0.2) is 36.6 Å². The quantitative estimate of drug-likeness (QED) is 0.760. The van der Waals surface area contributed by atoms with Crippen LogP contribution in [-0.2, 0) is 13.6 Å². The van der Waals surface area contributed by atoms with E-state index < -0.39 is 11.2 Å². The summed E-state index contributed by atoms with van der Waals surface area (Å²) in [6, 6.07) is 0. The molecule has 2 rings (SSSR count). The first kappa shape index (κ1) is 15.8. The molecule has 2 aromatic rings. The number of aliphatic hydroxyl groups is 1. The average Bonchev–Trinajstić information content (AvgIpc) is 2.79. The molecule has 0 aromatic carbocycles. The zero-order valence-electron chi connectivity index (χ0n) is 12.4. The van der Waals surface area contributed by atoms with Crippen molar-refractivity contribution < 1.29 is 5.11 Å². The normalized spacial score (nSPS) is 11.7. The summed E-state index contributed by atoms with van der Waals surface area (Å²) in [5, 5.41) is 9.64. The second-order valence-electron chi connectivity index (χ2n) is 5.29. The number of thioether (sulfide) groups is 1. The van der Waals surface area contributed by atoms with Crippen molar-refractivity contribution >= 4 is 22.9 Å². The molecule has 0 saturated heterocycles. The first-order chi connectivity index (χ1) is 9.95. The Kier molecular flexibility index (Phi) is 4.89. The topological polar surface area (TPSA) is 92.9 Å². The predicted molar refractivity (Wildman–Crippen MR) is 82.9 cm³/mol. The Balaban J connectivity index is 2.62. The highest BCUT2D eigenvalue weighted by atomic mass is 32.2. The number of H-pyrrole nitrogens is 1. The SMILES string of the molecule is CC(C)CCn1c(SCCO)nc2c1c(=O)[nH]c(=O)n2C. The molecule has 0 bridgehead atoms. The first-order valence-corrected chi connectivity index (χ1v) is 7.87. The van der Waals surface area contributed by atoms with E-state index in [2.05, 4.69) is 23.8 Å². The van der Waals surface area contributed by atoms with E-state index in [1.807, 2.05) is 4.57 Å². The van der Waals surface area contributed by atoms with Crippen LogP contribution in [0.1, 0.15) is 20.3 Å². The van der Waals surface area contributed by atoms with E-state index in [-0.39, 0.29) is 6.61 Å². The standard InChI is InChI=1S/C13H20N4O3S/c1-8(2)4-5-17-9-10(14-13(17)21-7-6-18)16(3)12(20)15-11(9)19/h8,18H,4-7H2,1-3H3,(H,15,19,20). The molecule has 8 heteroatoms. The van der Waals surface area contributed by atoms with Gasteiger partial charge in [-0.3, -0.25) is 14.3 Å². The molecule has 0 aliphatic rings. The maximum Gasteiger partial charge on any atom is 0.329 e. The number of fused-ring (bicyclic) bond motifs is 1. The van der Waals surface area contributed by atoms with E-state index in [0.717, 1.165) is 6.42 Å². The van der Waals surface area contributed by atoms with Gasteiger partial charge < -0.3 is 9.67 Å². The van der Waals surface area contributed by atoms with Crippen LogP contribution in [0.15, 0.2) is 14.7 Å². The molecular weight excluding hydrogens is 292 g/mol. The molecular formula is C13H20N4O3S. The van der Waals surface area contributed by atoms with E-state index in [1.54, 1.807) is 7.05 Å². The van der Waals surface area contributed by atoms with Gasteiger partial charge in [0.1, 0.15) is 0 Å². The van der Waals surface area contributed by atoms with E-state index in [1.165, 1.54) is 16.3 Å². The molecule has 0 fully saturated rings. The summed E-state index contributed by atoms with van der Waals surface area (Å²) in [5.74, 6) is 0.987. The van der Waals surface area contributed by atoms with Gasteiger partial charge in [0, 0.05) is 19.3 Å². The van der Waals surface area contributed by atoms with Crippen molar-refractivity contribution in [3.63, 3.8) is 0 Å². The van der Waals surface area contributed by atoms with Crippen LogP contribution in [0.4, 0.5) is 0 Å². The lowest BCUT2D eigenvalue weighted by atomic mass is 10.1. The van der Waals surface area contributed by atoms with Gasteiger partial charge in [-0.05, 0) is 12.3 Å². The zero-order valence-corrected chi connectivity index (χ0v) is 13.2. The lowest BCUT2D eigenvalue weighted by Crippen LogP contribution is -2.29. The zero-order chi connectivity index (χ0) is 15.6. The van der Waals surface area contributed by atoms with Crippen LogP contribution in [0.2, 0.25) is 0 Å². The number of hydrogen-bond acceptors (Lipinski definition) is 5. The second kappa shape index (κ2) is 6.48. The summed E-state index contributed by atoms with van der Waals surface area (Å²) in [6.07, 6.45) is 0.903. The van der Waals surface area contributed by atoms with Crippen LogP contribution >= 0.6 is 11.8 Å². The Morgan fingerprint density at radius 1 is 1.38 bits per heavy atom. The minimum Gasteiger partial charge on any atom is -0.396 e. The van der Waals surface area contributed by atoms with Crippen LogP contribution < -0.4 is 11.2 Å². The molecule has 2 heterocycles. The molecule has 116 valence electrons. The highest BCUT2D eigenvalue weighted by Gasteiger charge is 2.17. The largest absolute Gasteiger partial charge is 0.396 e. The summed E-state index contributed by atoms with van der Waals surface area (Å²) in [5.41, 5.74) is -0.0916. The van der Waals surface area contributed by atoms with Crippen molar-refractivity contribution in [3.8, 4) is 0 Å². The fourth-order valence-electron chi connectivity index (χ4n) is 2.06. The molecule has 0 unspecified atom stereocenters. The predicted octanol–water partition coefficient (Wildman–Crippen LogP) is 0.554. The number of aromatic nitrogens is 4. The van der Waals surface area contributed by atoms with Crippen molar-refractivity contribution in [3.05, 3.63) is 20.8 Å². The Bertz CT molecular complexity index is 744. The van der Waals surface area contributed by atoms with Crippen molar-refractivity contribution in [2.75, 3.05) is 12.4 Å². The van der Waals surface area contributed by atoms with Crippen molar-refractivity contribution in [2.24, 2.45) is 13.0 Å². The third-order valence-corrected chi connectivity index (χ3v) is 4.18. The minimum atomic E-state index is -0.472. The molecule has 0 saturated carbocycles. The van der Waals surface area contributed by atoms with Crippen molar-refractivity contribution in [1.82, 2.24) is 19.1 Å². The summed E-state index contributed by atoms with van der Waals surface area (Å²) < 4.78 is 3.18. The fraction of sp³-hybridized carbons (Fsp3) is 0.615. The molecule has 0 radical (unpaired) electrons. The van der Waals surface area contributed by atoms with Gasteiger partial charge in [-0.15, -0.1) is 0 Å². The highest BCUT2D eigenvalue weighted by molar-refractivity contribution is 7.99. The molecule has 0 aliphatic heterocycles. The molecule has 2 N–H and O–H groups in total. The van der Waals surface area contributed by atoms with E-state index in [4.69, 9.17) is 5.11 Å². The molecule has 0 amide bonds. The number of aliphatic hydroxyl groups excluding tert-OH is 1.